The first-order valence-corrected chi connectivity index (χ1v) is 21.4. The fourth-order valence-corrected chi connectivity index (χ4v) is 12.4. The second-order valence-electron chi connectivity index (χ2n) is 18.4. The van der Waals surface area contributed by atoms with Gasteiger partial charge in [0.2, 0.25) is 0 Å². The maximum Gasteiger partial charge on any atom is 0.456 e. The van der Waals surface area contributed by atoms with Crippen LogP contribution in [0.25, 0.3) is 0 Å². The molecule has 8 nitrogen and oxygen atoms in total. The molecule has 4 aliphatic rings. The molecule has 0 saturated heterocycles. The van der Waals surface area contributed by atoms with Crippen LogP contribution in [-0.2, 0) is 18.8 Å². The van der Waals surface area contributed by atoms with Gasteiger partial charge in [-0.1, -0.05) is 76.5 Å². The van der Waals surface area contributed by atoms with Gasteiger partial charge in [0, 0.05) is 5.41 Å². The van der Waals surface area contributed by atoms with Gasteiger partial charge >= 0.3 is 19.7 Å². The van der Waals surface area contributed by atoms with Gasteiger partial charge in [0.05, 0.1) is 6.10 Å². The van der Waals surface area contributed by atoms with Gasteiger partial charge in [-0.2, -0.15) is 5.09 Å². The second-order valence-corrected chi connectivity index (χ2v) is 19.9. The summed E-state index contributed by atoms with van der Waals surface area (Å²) < 4.78 is 30.0. The van der Waals surface area contributed by atoms with Crippen LogP contribution in [0.2, 0.25) is 0 Å². The summed E-state index contributed by atoms with van der Waals surface area (Å²) >= 11 is 0. The number of carbonyl (C=O) groups excluding carboxylic acids is 2. The summed E-state index contributed by atoms with van der Waals surface area (Å²) in [6.07, 6.45) is 13.1. The number of nitrogens with one attached hydrogen (secondary N) is 1. The summed E-state index contributed by atoms with van der Waals surface area (Å²) in [5.74, 6) is 0.480. The van der Waals surface area contributed by atoms with Gasteiger partial charge in [-0.25, -0.2) is 9.36 Å². The molecule has 0 aromatic heterocycles. The molecule has 2 N–H and O–H groups in total. The Labute approximate surface area is 313 Å². The molecule has 4 aliphatic carbocycles. The third-order valence-corrected chi connectivity index (χ3v) is 15.4. The third kappa shape index (κ3) is 7.60. The Kier molecular flexibility index (Phi) is 11.8. The van der Waals surface area contributed by atoms with Crippen molar-refractivity contribution in [2.45, 2.75) is 159 Å². The molecule has 1 aromatic carbocycles. The number of para-hydroxylation sites is 1. The summed E-state index contributed by atoms with van der Waals surface area (Å²) in [6, 6.07) is 5.21. The number of benzene rings is 1. The summed E-state index contributed by atoms with van der Waals surface area (Å²) in [5, 5.41) is 2.32. The van der Waals surface area contributed by atoms with E-state index >= 15 is 0 Å². The smallest absolute Gasteiger partial charge is 0.456 e. The summed E-state index contributed by atoms with van der Waals surface area (Å²) in [4.78, 5) is 36.7. The Morgan fingerprint density at radius 1 is 0.962 bits per heavy atom. The lowest BCUT2D eigenvalue weighted by atomic mass is 9.43. The first-order valence-electron chi connectivity index (χ1n) is 19.8. The van der Waals surface area contributed by atoms with E-state index in [2.05, 4.69) is 66.6 Å². The number of rotatable bonds is 12. The van der Waals surface area contributed by atoms with Crippen LogP contribution in [0.4, 0.5) is 0 Å². The van der Waals surface area contributed by atoms with Crippen LogP contribution in [0.1, 0.15) is 151 Å². The highest BCUT2D eigenvalue weighted by molar-refractivity contribution is 7.51. The van der Waals surface area contributed by atoms with Crippen molar-refractivity contribution >= 4 is 19.7 Å². The van der Waals surface area contributed by atoms with Crippen LogP contribution in [0.5, 0.6) is 5.75 Å². The lowest BCUT2D eigenvalue weighted by Gasteiger charge is -2.62. The molecule has 290 valence electrons. The van der Waals surface area contributed by atoms with Gasteiger partial charge in [-0.05, 0) is 145 Å². The zero-order valence-electron chi connectivity index (χ0n) is 33.8. The molecule has 9 atom stereocenters. The molecule has 2 fully saturated rings. The number of carbonyl (C=O) groups is 2. The summed E-state index contributed by atoms with van der Waals surface area (Å²) in [5.41, 5.74) is 5.27. The largest absolute Gasteiger partial charge is 0.462 e. The minimum Gasteiger partial charge on any atom is -0.462 e. The molecular weight excluding hydrogens is 673 g/mol. The number of allylic oxidation sites excluding steroid dienone is 4. The van der Waals surface area contributed by atoms with Crippen molar-refractivity contribution in [3.8, 4) is 5.75 Å². The number of hydrogen-bond donors (Lipinski definition) is 2. The molecule has 1 aromatic rings. The normalized spacial score (nSPS) is 33.1. The quantitative estimate of drug-likeness (QED) is 0.124. The Morgan fingerprint density at radius 2 is 1.65 bits per heavy atom. The molecule has 5 rings (SSSR count). The zero-order chi connectivity index (χ0) is 38.4. The van der Waals surface area contributed by atoms with E-state index in [0.717, 1.165) is 31.6 Å². The van der Waals surface area contributed by atoms with Gasteiger partial charge in [-0.3, -0.25) is 4.79 Å². The van der Waals surface area contributed by atoms with E-state index in [-0.39, 0.29) is 39.8 Å². The molecule has 52 heavy (non-hydrogen) atoms. The molecule has 0 amide bonds. The van der Waals surface area contributed by atoms with Crippen LogP contribution in [0.3, 0.4) is 0 Å². The van der Waals surface area contributed by atoms with Gasteiger partial charge in [0.1, 0.15) is 23.5 Å². The van der Waals surface area contributed by atoms with Crippen molar-refractivity contribution in [2.24, 2.45) is 39.4 Å². The fraction of sp³-hybridized carbons (Fsp3) is 0.721. The SMILES string of the molecule is CC(C)=CCC[C@@H](C)[C@H]1CC[C@@]2(C)C3=C(CC[C@]12C)[C@@]1(C)CC[C@H](OC(=O)c2ccccc2OP(=O)(O)N[C@@H](C)C(=O)OC(C)C)C(C)(C)[C@@H]1CC3. The Morgan fingerprint density at radius 3 is 2.33 bits per heavy atom. The van der Waals surface area contributed by atoms with E-state index in [1.54, 1.807) is 43.2 Å². The lowest BCUT2D eigenvalue weighted by Crippen LogP contribution is -2.55. The van der Waals surface area contributed by atoms with Crippen LogP contribution < -0.4 is 9.61 Å². The van der Waals surface area contributed by atoms with Crippen LogP contribution in [0, 0.1) is 39.4 Å². The van der Waals surface area contributed by atoms with Crippen LogP contribution in [-0.4, -0.2) is 35.1 Å². The average Bonchev–Trinajstić information content (AvgIpc) is 3.32. The van der Waals surface area contributed by atoms with E-state index in [4.69, 9.17) is 14.0 Å². The minimum absolute atomic E-state index is 0.0567. The van der Waals surface area contributed by atoms with Gasteiger partial charge < -0.3 is 18.9 Å². The molecule has 0 aliphatic heterocycles. The zero-order valence-corrected chi connectivity index (χ0v) is 34.7. The van der Waals surface area contributed by atoms with E-state index in [1.807, 2.05) is 0 Å². The fourth-order valence-electron chi connectivity index (χ4n) is 11.4. The molecule has 0 bridgehead atoms. The Hall–Kier alpha value is -2.41. The second kappa shape index (κ2) is 15.0. The van der Waals surface area contributed by atoms with Crippen LogP contribution >= 0.6 is 7.75 Å². The third-order valence-electron chi connectivity index (χ3n) is 14.3. The maximum absolute atomic E-state index is 13.8. The average molecular weight is 740 g/mol. The lowest BCUT2D eigenvalue weighted by molar-refractivity contribution is -0.149. The monoisotopic (exact) mass is 739 g/mol. The number of esters is 2. The maximum atomic E-state index is 13.8. The predicted octanol–water partition coefficient (Wildman–Crippen LogP) is 10.8. The highest BCUT2D eigenvalue weighted by Gasteiger charge is 2.63. The topological polar surface area (TPSA) is 111 Å². The standard InChI is InChI=1S/C43H66NO7P/c1-27(2)15-14-16-29(5)32-21-25-43(11)34-19-20-36-40(7,8)37(23-24-41(36,9)33(34)22-26-42(32,43)10)50-39(46)31-17-12-13-18-35(31)51-52(47,48)44-30(6)38(45)49-28(3)4/h12-13,15,17-18,28-30,32,36-37H,14,16,19-26H2,1-11H3,(H2,44,47,48)/t29-,30+,32-,36+,37+,41-,42-,43+/m1/s1. The van der Waals surface area contributed by atoms with Gasteiger partial charge in [0.15, 0.2) is 0 Å². The number of fused-ring (bicyclic) bond motifs is 4. The van der Waals surface area contributed by atoms with Crippen molar-refractivity contribution in [1.82, 2.24) is 5.09 Å². The summed E-state index contributed by atoms with van der Waals surface area (Å²) in [6.45, 7) is 24.0. The molecule has 0 spiro atoms. The van der Waals surface area contributed by atoms with Crippen molar-refractivity contribution in [3.05, 3.63) is 52.6 Å². The first-order chi connectivity index (χ1) is 24.2. The minimum atomic E-state index is -4.55. The van der Waals surface area contributed by atoms with E-state index in [0.29, 0.717) is 17.3 Å². The highest BCUT2D eigenvalue weighted by atomic mass is 31.2. The Bertz CT molecular complexity index is 1630. The van der Waals surface area contributed by atoms with E-state index in [9.17, 15) is 19.0 Å². The predicted molar refractivity (Wildman–Crippen MR) is 207 cm³/mol. The van der Waals surface area contributed by atoms with Crippen molar-refractivity contribution in [2.75, 3.05) is 0 Å². The highest BCUT2D eigenvalue weighted by Crippen LogP contribution is 2.72. The molecule has 0 heterocycles. The van der Waals surface area contributed by atoms with E-state index < -0.39 is 25.7 Å². The number of ether oxygens (including phenoxy) is 2. The van der Waals surface area contributed by atoms with Gasteiger partial charge in [0.25, 0.3) is 0 Å². The summed E-state index contributed by atoms with van der Waals surface area (Å²) in [7, 11) is -4.55. The van der Waals surface area contributed by atoms with E-state index in [1.165, 1.54) is 57.1 Å². The van der Waals surface area contributed by atoms with Crippen molar-refractivity contribution in [1.29, 1.82) is 0 Å². The molecule has 2 saturated carbocycles. The molecule has 9 heteroatoms. The van der Waals surface area contributed by atoms with Gasteiger partial charge in [-0.15, -0.1) is 0 Å². The Balaban J connectivity index is 1.31. The number of hydrogen-bond acceptors (Lipinski definition) is 6. The molecule has 0 radical (unpaired) electrons. The first kappa shape index (κ1) is 40.8. The molecule has 1 unspecified atom stereocenters. The van der Waals surface area contributed by atoms with Crippen molar-refractivity contribution < 1.29 is 33.0 Å². The van der Waals surface area contributed by atoms with Crippen LogP contribution in [0.15, 0.2) is 47.1 Å². The van der Waals surface area contributed by atoms with Crippen molar-refractivity contribution in [3.63, 3.8) is 0 Å². The molecular formula is C43H66NO7P.